The molecule has 4 nitrogen and oxygen atoms in total. The van der Waals surface area contributed by atoms with E-state index < -0.39 is 0 Å². The van der Waals surface area contributed by atoms with Crippen LogP contribution in [-0.4, -0.2) is 14.5 Å². The van der Waals surface area contributed by atoms with Gasteiger partial charge in [-0.15, -0.1) is 6.42 Å². The number of anilines is 1. The van der Waals surface area contributed by atoms with E-state index in [0.717, 1.165) is 17.1 Å². The molecule has 0 aliphatic heterocycles. The van der Waals surface area contributed by atoms with E-state index in [2.05, 4.69) is 29.7 Å². The first-order valence-corrected chi connectivity index (χ1v) is 5.85. The van der Waals surface area contributed by atoms with Crippen molar-refractivity contribution < 1.29 is 0 Å². The monoisotopic (exact) mass is 240 g/mol. The molecule has 0 aliphatic rings. The number of imidazole rings is 1. The van der Waals surface area contributed by atoms with Crippen LogP contribution in [-0.2, 0) is 6.54 Å². The normalized spacial score (nSPS) is 10.6. The number of nitrogen functional groups attached to an aromatic ring is 1. The van der Waals surface area contributed by atoms with Crippen LogP contribution in [0.25, 0.3) is 11.3 Å². The summed E-state index contributed by atoms with van der Waals surface area (Å²) in [7, 11) is 0. The molecule has 0 saturated heterocycles. The van der Waals surface area contributed by atoms with Crippen molar-refractivity contribution in [3.05, 3.63) is 30.4 Å². The first-order chi connectivity index (χ1) is 8.65. The Morgan fingerprint density at radius 1 is 1.50 bits per heavy atom. The molecule has 2 heterocycles. The van der Waals surface area contributed by atoms with Gasteiger partial charge < -0.3 is 10.3 Å². The van der Waals surface area contributed by atoms with Crippen molar-refractivity contribution in [3.63, 3.8) is 0 Å². The Morgan fingerprint density at radius 3 is 2.83 bits per heavy atom. The highest BCUT2D eigenvalue weighted by molar-refractivity contribution is 5.70. The summed E-state index contributed by atoms with van der Waals surface area (Å²) in [4.78, 5) is 8.69. The number of pyridine rings is 1. The van der Waals surface area contributed by atoms with E-state index in [1.165, 1.54) is 0 Å². The number of nitrogens with two attached hydrogens (primary N) is 1. The minimum absolute atomic E-state index is 0.270. The number of hydrogen-bond donors (Lipinski definition) is 1. The largest absolute Gasteiger partial charge is 0.383 e. The van der Waals surface area contributed by atoms with Crippen LogP contribution in [0.2, 0.25) is 0 Å². The summed E-state index contributed by atoms with van der Waals surface area (Å²) in [6.07, 6.45) is 8.86. The summed E-state index contributed by atoms with van der Waals surface area (Å²) in [6.45, 7) is 4.58. The summed E-state index contributed by atoms with van der Waals surface area (Å²) in [5.74, 6) is 4.39. The maximum atomic E-state index is 6.14. The number of aromatic nitrogens is 3. The molecule has 2 aromatic heterocycles. The van der Waals surface area contributed by atoms with Gasteiger partial charge >= 0.3 is 0 Å². The molecule has 2 rings (SSSR count). The molecule has 0 aromatic carbocycles. The molecule has 18 heavy (non-hydrogen) atoms. The zero-order chi connectivity index (χ0) is 13.1. The Morgan fingerprint density at radius 2 is 2.28 bits per heavy atom. The second-order valence-corrected chi connectivity index (χ2v) is 4.39. The van der Waals surface area contributed by atoms with Gasteiger partial charge in [-0.05, 0) is 12.1 Å². The summed E-state index contributed by atoms with van der Waals surface area (Å²) in [5, 5.41) is 0. The second-order valence-electron chi connectivity index (χ2n) is 4.39. The molecule has 0 amide bonds. The van der Waals surface area contributed by atoms with Crippen LogP contribution in [0.15, 0.2) is 24.5 Å². The third-order valence-electron chi connectivity index (χ3n) is 2.74. The van der Waals surface area contributed by atoms with Crippen molar-refractivity contribution >= 4 is 5.82 Å². The molecule has 0 fully saturated rings. The van der Waals surface area contributed by atoms with Gasteiger partial charge in [-0.3, -0.25) is 4.98 Å². The van der Waals surface area contributed by atoms with E-state index in [1.54, 1.807) is 12.4 Å². The van der Waals surface area contributed by atoms with Gasteiger partial charge in [-0.25, -0.2) is 4.98 Å². The summed E-state index contributed by atoms with van der Waals surface area (Å²) < 4.78 is 1.88. The van der Waals surface area contributed by atoms with Gasteiger partial charge in [0.2, 0.25) is 0 Å². The quantitative estimate of drug-likeness (QED) is 0.837. The molecule has 2 aromatic rings. The number of hydrogen-bond acceptors (Lipinski definition) is 3. The summed E-state index contributed by atoms with van der Waals surface area (Å²) >= 11 is 0. The van der Waals surface area contributed by atoms with Gasteiger partial charge in [-0.1, -0.05) is 19.8 Å². The number of rotatable bonds is 3. The predicted octanol–water partition coefficient (Wildman–Crippen LogP) is 2.28. The van der Waals surface area contributed by atoms with Gasteiger partial charge in [0.05, 0.1) is 6.54 Å². The average molecular weight is 240 g/mol. The number of terminal acetylenes is 1. The lowest BCUT2D eigenvalue weighted by Gasteiger charge is -2.08. The standard InChI is InChI=1S/C14H16N4/c1-4-8-18-13(15)12(17-14(18)10(2)3)11-6-5-7-16-9-11/h1,5-7,9-10H,8,15H2,2-3H3. The van der Waals surface area contributed by atoms with Crippen LogP contribution in [0.1, 0.15) is 25.6 Å². The van der Waals surface area contributed by atoms with E-state index in [-0.39, 0.29) is 5.92 Å². The van der Waals surface area contributed by atoms with Crippen molar-refractivity contribution in [1.82, 2.24) is 14.5 Å². The van der Waals surface area contributed by atoms with Crippen LogP contribution in [0.3, 0.4) is 0 Å². The predicted molar refractivity (Wildman–Crippen MR) is 72.8 cm³/mol. The zero-order valence-corrected chi connectivity index (χ0v) is 10.6. The van der Waals surface area contributed by atoms with Crippen LogP contribution in [0, 0.1) is 12.3 Å². The highest BCUT2D eigenvalue weighted by Gasteiger charge is 2.17. The first-order valence-electron chi connectivity index (χ1n) is 5.85. The van der Waals surface area contributed by atoms with Crippen LogP contribution in [0.4, 0.5) is 5.82 Å². The van der Waals surface area contributed by atoms with Gasteiger partial charge in [0.15, 0.2) is 0 Å². The Hall–Kier alpha value is -2.28. The van der Waals surface area contributed by atoms with Crippen molar-refractivity contribution in [3.8, 4) is 23.6 Å². The van der Waals surface area contributed by atoms with Crippen molar-refractivity contribution in [2.75, 3.05) is 5.73 Å². The Kier molecular flexibility index (Phi) is 3.33. The van der Waals surface area contributed by atoms with Crippen LogP contribution in [0.5, 0.6) is 0 Å². The third kappa shape index (κ3) is 2.07. The molecule has 4 heteroatoms. The molecule has 0 radical (unpaired) electrons. The maximum Gasteiger partial charge on any atom is 0.132 e. The van der Waals surface area contributed by atoms with Gasteiger partial charge in [-0.2, -0.15) is 0 Å². The Labute approximate surface area is 107 Å². The smallest absolute Gasteiger partial charge is 0.132 e. The van der Waals surface area contributed by atoms with E-state index in [1.807, 2.05) is 16.7 Å². The second kappa shape index (κ2) is 4.92. The molecule has 0 bridgehead atoms. The van der Waals surface area contributed by atoms with E-state index in [4.69, 9.17) is 12.2 Å². The van der Waals surface area contributed by atoms with Crippen LogP contribution >= 0.6 is 0 Å². The fraction of sp³-hybridized carbons (Fsp3) is 0.286. The van der Waals surface area contributed by atoms with E-state index in [9.17, 15) is 0 Å². The molecule has 0 unspecified atom stereocenters. The minimum atomic E-state index is 0.270. The third-order valence-corrected chi connectivity index (χ3v) is 2.74. The molecule has 0 atom stereocenters. The Bertz CT molecular complexity index is 576. The molecule has 0 saturated carbocycles. The molecule has 0 spiro atoms. The number of nitrogens with zero attached hydrogens (tertiary/aromatic N) is 3. The summed E-state index contributed by atoms with van der Waals surface area (Å²) in [6, 6.07) is 3.81. The van der Waals surface area contributed by atoms with Gasteiger partial charge in [0.25, 0.3) is 0 Å². The SMILES string of the molecule is C#CCn1c(C(C)C)nc(-c2cccnc2)c1N. The van der Waals surface area contributed by atoms with E-state index in [0.29, 0.717) is 12.4 Å². The van der Waals surface area contributed by atoms with Crippen molar-refractivity contribution in [2.45, 2.75) is 26.3 Å². The molecular weight excluding hydrogens is 224 g/mol. The minimum Gasteiger partial charge on any atom is -0.383 e. The molecule has 0 aliphatic carbocycles. The highest BCUT2D eigenvalue weighted by atomic mass is 15.1. The lowest BCUT2D eigenvalue weighted by molar-refractivity contribution is 0.691. The first kappa shape index (κ1) is 12.2. The van der Waals surface area contributed by atoms with Gasteiger partial charge in [0.1, 0.15) is 17.3 Å². The summed E-state index contributed by atoms with van der Waals surface area (Å²) in [5.41, 5.74) is 7.80. The molecule has 92 valence electrons. The van der Waals surface area contributed by atoms with Gasteiger partial charge in [0, 0.05) is 23.9 Å². The highest BCUT2D eigenvalue weighted by Crippen LogP contribution is 2.28. The lowest BCUT2D eigenvalue weighted by atomic mass is 10.2. The van der Waals surface area contributed by atoms with Crippen molar-refractivity contribution in [1.29, 1.82) is 0 Å². The van der Waals surface area contributed by atoms with Crippen LogP contribution < -0.4 is 5.73 Å². The average Bonchev–Trinajstić information content (AvgIpc) is 2.69. The molecule has 2 N–H and O–H groups in total. The fourth-order valence-corrected chi connectivity index (χ4v) is 1.90. The molecular formula is C14H16N4. The van der Waals surface area contributed by atoms with Crippen molar-refractivity contribution in [2.24, 2.45) is 0 Å². The fourth-order valence-electron chi connectivity index (χ4n) is 1.90. The zero-order valence-electron chi connectivity index (χ0n) is 10.6. The van der Waals surface area contributed by atoms with E-state index >= 15 is 0 Å². The Balaban J connectivity index is 2.57. The lowest BCUT2D eigenvalue weighted by Crippen LogP contribution is -2.07. The topological polar surface area (TPSA) is 56.7 Å². The maximum absolute atomic E-state index is 6.14.